The maximum Gasteiger partial charge on any atom is 0.248 e. The number of imidazole rings is 1. The molecule has 1 aliphatic rings. The Balaban J connectivity index is 0.000000242. The van der Waals surface area contributed by atoms with Crippen LogP contribution in [0.1, 0.15) is 43.8 Å². The van der Waals surface area contributed by atoms with Crippen LogP contribution >= 0.6 is 0 Å². The molecule has 0 atom stereocenters. The van der Waals surface area contributed by atoms with Gasteiger partial charge >= 0.3 is 0 Å². The Hall–Kier alpha value is -6.35. The highest BCUT2D eigenvalue weighted by Crippen LogP contribution is 2.33. The van der Waals surface area contributed by atoms with E-state index < -0.39 is 5.91 Å². The van der Waals surface area contributed by atoms with Gasteiger partial charge in [0.1, 0.15) is 23.2 Å². The van der Waals surface area contributed by atoms with E-state index in [-0.39, 0.29) is 16.9 Å². The van der Waals surface area contributed by atoms with Gasteiger partial charge in [-0.05, 0) is 85.0 Å². The zero-order chi connectivity index (χ0) is 30.8. The summed E-state index contributed by atoms with van der Waals surface area (Å²) in [6, 6.07) is 20.0. The number of aromatic hydroxyl groups is 1. The number of aromatic nitrogens is 6. The van der Waals surface area contributed by atoms with Gasteiger partial charge in [-0.3, -0.25) is 14.2 Å². The number of phenols is 1. The summed E-state index contributed by atoms with van der Waals surface area (Å²) in [4.78, 5) is 34.9. The van der Waals surface area contributed by atoms with Gasteiger partial charge in [0.05, 0.1) is 29.1 Å². The summed E-state index contributed by atoms with van der Waals surface area (Å²) in [5.74, 6) is 0.919. The number of hydrogen-bond donors (Lipinski definition) is 3. The largest absolute Gasteiger partial charge is 0.507 e. The predicted molar refractivity (Wildman–Crippen MR) is 162 cm³/mol. The van der Waals surface area contributed by atoms with Gasteiger partial charge in [-0.15, -0.1) is 0 Å². The quantitative estimate of drug-likeness (QED) is 0.252. The fourth-order valence-electron chi connectivity index (χ4n) is 5.11. The van der Waals surface area contributed by atoms with E-state index in [1.807, 2.05) is 28.8 Å². The number of nitrogens with zero attached hydrogens (tertiary/aromatic N) is 7. The molecule has 0 radical (unpaired) electrons. The van der Waals surface area contributed by atoms with Gasteiger partial charge in [0.15, 0.2) is 23.6 Å². The van der Waals surface area contributed by atoms with E-state index in [1.165, 1.54) is 41.9 Å². The molecule has 0 saturated heterocycles. The van der Waals surface area contributed by atoms with Crippen molar-refractivity contribution in [2.24, 2.45) is 5.73 Å². The number of rotatable bonds is 5. The third kappa shape index (κ3) is 5.21. The lowest BCUT2D eigenvalue weighted by Crippen LogP contribution is -2.10. The van der Waals surface area contributed by atoms with Crippen LogP contribution in [-0.4, -0.2) is 46.6 Å². The molecule has 12 nitrogen and oxygen atoms in total. The van der Waals surface area contributed by atoms with Crippen LogP contribution in [0.5, 0.6) is 5.75 Å². The van der Waals surface area contributed by atoms with Crippen LogP contribution in [0, 0.1) is 11.3 Å². The molecule has 2 aromatic carbocycles. The molecule has 1 amide bonds. The minimum atomic E-state index is -0.627. The third-order valence-corrected chi connectivity index (χ3v) is 7.29. The molecule has 0 bridgehead atoms. The molecule has 5 N–H and O–H groups in total. The molecule has 0 saturated carbocycles. The second-order valence-electron chi connectivity index (χ2n) is 10.1. The number of aryl methyl sites for hydroxylation is 2. The number of hydrogen-bond acceptors (Lipinski definition) is 9. The van der Waals surface area contributed by atoms with E-state index in [0.29, 0.717) is 35.0 Å². The molecule has 0 unspecified atom stereocenters. The van der Waals surface area contributed by atoms with Crippen molar-refractivity contribution in [1.82, 2.24) is 29.3 Å². The Bertz CT molecular complexity index is 2110. The number of carbonyl (C=O) groups excluding carboxylic acids is 2. The molecule has 0 spiro atoms. The van der Waals surface area contributed by atoms with Crippen LogP contribution in [0.4, 0.5) is 5.82 Å². The van der Waals surface area contributed by atoms with Crippen molar-refractivity contribution in [3.63, 3.8) is 0 Å². The lowest BCUT2D eigenvalue weighted by molar-refractivity contribution is 0.1000. The summed E-state index contributed by atoms with van der Waals surface area (Å²) < 4.78 is 3.62. The highest BCUT2D eigenvalue weighted by molar-refractivity contribution is 5.95. The Labute approximate surface area is 250 Å². The molecule has 0 aliphatic heterocycles. The maximum absolute atomic E-state index is 10.6. The zero-order valence-electron chi connectivity index (χ0n) is 23.3. The highest BCUT2D eigenvalue weighted by Gasteiger charge is 2.20. The van der Waals surface area contributed by atoms with E-state index in [2.05, 4.69) is 34.4 Å². The van der Waals surface area contributed by atoms with Gasteiger partial charge in [0, 0.05) is 17.4 Å². The summed E-state index contributed by atoms with van der Waals surface area (Å²) in [7, 11) is 0. The topological polar surface area (TPSA) is 192 Å². The van der Waals surface area contributed by atoms with Crippen LogP contribution in [0.25, 0.3) is 34.1 Å². The predicted octanol–water partition coefficient (Wildman–Crippen LogP) is 3.91. The van der Waals surface area contributed by atoms with Crippen molar-refractivity contribution in [2.75, 3.05) is 5.73 Å². The van der Waals surface area contributed by atoms with Crippen molar-refractivity contribution in [1.29, 1.82) is 5.26 Å². The average molecular weight is 584 g/mol. The minimum Gasteiger partial charge on any atom is -0.507 e. The molecule has 12 heteroatoms. The van der Waals surface area contributed by atoms with E-state index in [0.717, 1.165) is 29.6 Å². The van der Waals surface area contributed by atoms with Crippen molar-refractivity contribution >= 4 is 29.2 Å². The first-order chi connectivity index (χ1) is 21.4. The van der Waals surface area contributed by atoms with E-state index in [9.17, 15) is 9.59 Å². The average Bonchev–Trinajstić information content (AvgIpc) is 3.79. The van der Waals surface area contributed by atoms with Crippen molar-refractivity contribution in [3.8, 4) is 34.7 Å². The van der Waals surface area contributed by atoms with Crippen LogP contribution in [0.3, 0.4) is 0 Å². The second-order valence-corrected chi connectivity index (χ2v) is 10.1. The Kier molecular flexibility index (Phi) is 7.26. The molecule has 6 aromatic rings. The van der Waals surface area contributed by atoms with E-state index in [1.54, 1.807) is 17.1 Å². The van der Waals surface area contributed by atoms with Gasteiger partial charge in [-0.1, -0.05) is 6.07 Å². The normalized spacial score (nSPS) is 11.8. The Morgan fingerprint density at radius 1 is 1.05 bits per heavy atom. The first kappa shape index (κ1) is 27.8. The van der Waals surface area contributed by atoms with Crippen molar-refractivity contribution < 1.29 is 14.7 Å². The standard InChI is InChI=1S/C24H18N8.C8H7NO3/c25-12-15-13-28-31(14-15)21-9-8-20-24(30-21)32(18-7-6-16-3-1-4-17(16)11-18)23(29-20)19-5-2-10-27-22(19)26;9-8(12)5-1-2-7(11)6(3-5)4-10/h2,5-11,13-14H,1,3-4H2,(H2,26,27);1-4,11H,(H2,9,12). The minimum absolute atomic E-state index is 0.0614. The number of primary amides is 1. The molecule has 44 heavy (non-hydrogen) atoms. The first-order valence-corrected chi connectivity index (χ1v) is 13.6. The van der Waals surface area contributed by atoms with Gasteiger partial charge in [-0.25, -0.2) is 19.6 Å². The molecule has 4 aromatic heterocycles. The monoisotopic (exact) mass is 583 g/mol. The molecular weight excluding hydrogens is 558 g/mol. The lowest BCUT2D eigenvalue weighted by atomic mass is 10.1. The zero-order valence-corrected chi connectivity index (χ0v) is 23.3. The van der Waals surface area contributed by atoms with Gasteiger partial charge in [0.25, 0.3) is 0 Å². The molecule has 4 heterocycles. The number of anilines is 1. The molecule has 216 valence electrons. The number of amides is 1. The summed E-state index contributed by atoms with van der Waals surface area (Å²) in [5.41, 5.74) is 17.8. The number of nitrogen functional groups attached to an aromatic ring is 1. The number of nitrogens with two attached hydrogens (primary N) is 2. The number of fused-ring (bicyclic) bond motifs is 2. The number of aldehydes is 1. The Morgan fingerprint density at radius 3 is 2.64 bits per heavy atom. The summed E-state index contributed by atoms with van der Waals surface area (Å²) in [6.07, 6.45) is 8.67. The van der Waals surface area contributed by atoms with Crippen LogP contribution in [0.2, 0.25) is 0 Å². The second kappa shape index (κ2) is 11.5. The Morgan fingerprint density at radius 2 is 1.89 bits per heavy atom. The number of nitriles is 1. The third-order valence-electron chi connectivity index (χ3n) is 7.29. The fourth-order valence-corrected chi connectivity index (χ4v) is 5.11. The number of pyridine rings is 2. The molecule has 7 rings (SSSR count). The highest BCUT2D eigenvalue weighted by atomic mass is 16.3. The molecular formula is C32H25N9O3. The van der Waals surface area contributed by atoms with E-state index >= 15 is 0 Å². The van der Waals surface area contributed by atoms with Gasteiger partial charge in [0.2, 0.25) is 5.91 Å². The summed E-state index contributed by atoms with van der Waals surface area (Å²) in [5, 5.41) is 22.4. The fraction of sp³-hybridized carbons (Fsp3) is 0.0938. The SMILES string of the molecule is N#Cc1cnn(-c2ccc3nc(-c4cccnc4N)n(-c4ccc5c(c4)CCC5)c3n2)c1.NC(=O)c1ccc(O)c(C=O)c1. The van der Waals surface area contributed by atoms with Crippen LogP contribution in [0.15, 0.2) is 79.3 Å². The van der Waals surface area contributed by atoms with Crippen LogP contribution in [-0.2, 0) is 12.8 Å². The van der Waals surface area contributed by atoms with Gasteiger partial charge in [-0.2, -0.15) is 10.4 Å². The van der Waals surface area contributed by atoms with Crippen LogP contribution < -0.4 is 11.5 Å². The summed E-state index contributed by atoms with van der Waals surface area (Å²) in [6.45, 7) is 0. The van der Waals surface area contributed by atoms with E-state index in [4.69, 9.17) is 31.8 Å². The molecule has 0 fully saturated rings. The van der Waals surface area contributed by atoms with Crippen molar-refractivity contribution in [3.05, 3.63) is 107 Å². The lowest BCUT2D eigenvalue weighted by Gasteiger charge is -2.12. The molecule has 1 aliphatic carbocycles. The number of benzene rings is 2. The maximum atomic E-state index is 10.6. The number of carbonyl (C=O) groups is 2. The van der Waals surface area contributed by atoms with Gasteiger partial charge < -0.3 is 16.6 Å². The smallest absolute Gasteiger partial charge is 0.248 e. The summed E-state index contributed by atoms with van der Waals surface area (Å²) >= 11 is 0. The van der Waals surface area contributed by atoms with Crippen molar-refractivity contribution in [2.45, 2.75) is 19.3 Å². The first-order valence-electron chi connectivity index (χ1n) is 13.6. The number of phenolic OH excluding ortho intramolecular Hbond substituents is 1.